The van der Waals surface area contributed by atoms with Gasteiger partial charge in [0.1, 0.15) is 0 Å². The number of nitrogens with zero attached hydrogens (tertiary/aromatic N) is 1. The molecule has 1 fully saturated rings. The molecular weight excluding hydrogens is 228 g/mol. The summed E-state index contributed by atoms with van der Waals surface area (Å²) in [6.45, 7) is 7.02. The first-order chi connectivity index (χ1) is 8.68. The van der Waals surface area contributed by atoms with Gasteiger partial charge in [0.25, 0.3) is 0 Å². The number of rotatable bonds is 3. The summed E-state index contributed by atoms with van der Waals surface area (Å²) in [7, 11) is 0. The van der Waals surface area contributed by atoms with Crippen LogP contribution in [0.4, 0.5) is 11.4 Å². The SMILES string of the molecule is CC(C)C(=O)Nc1ccccc1N1CCOCC1. The van der Waals surface area contributed by atoms with Crippen LogP contribution in [0.3, 0.4) is 0 Å². The monoisotopic (exact) mass is 248 g/mol. The van der Waals surface area contributed by atoms with Crippen LogP contribution < -0.4 is 10.2 Å². The Balaban J connectivity index is 2.16. The van der Waals surface area contributed by atoms with Gasteiger partial charge in [-0.1, -0.05) is 26.0 Å². The Morgan fingerprint density at radius 2 is 1.94 bits per heavy atom. The van der Waals surface area contributed by atoms with Crippen LogP contribution in [0.2, 0.25) is 0 Å². The Bertz CT molecular complexity index is 412. The number of anilines is 2. The highest BCUT2D eigenvalue weighted by Gasteiger charge is 2.16. The van der Waals surface area contributed by atoms with Crippen LogP contribution in [-0.2, 0) is 9.53 Å². The zero-order valence-corrected chi connectivity index (χ0v) is 11.0. The van der Waals surface area contributed by atoms with Crippen LogP contribution in [0.5, 0.6) is 0 Å². The van der Waals surface area contributed by atoms with Gasteiger partial charge in [-0.3, -0.25) is 4.79 Å². The van der Waals surface area contributed by atoms with Crippen molar-refractivity contribution < 1.29 is 9.53 Å². The van der Waals surface area contributed by atoms with Gasteiger partial charge in [-0.15, -0.1) is 0 Å². The standard InChI is InChI=1S/C14H20N2O2/c1-11(2)14(17)15-12-5-3-4-6-13(12)16-7-9-18-10-8-16/h3-6,11H,7-10H2,1-2H3,(H,15,17). The summed E-state index contributed by atoms with van der Waals surface area (Å²) in [6.07, 6.45) is 0. The van der Waals surface area contributed by atoms with E-state index < -0.39 is 0 Å². The van der Waals surface area contributed by atoms with Gasteiger partial charge < -0.3 is 15.0 Å². The molecule has 1 aromatic rings. The molecule has 0 radical (unpaired) electrons. The minimum absolute atomic E-state index is 0.0113. The molecule has 1 amide bonds. The molecule has 0 bridgehead atoms. The van der Waals surface area contributed by atoms with Crippen LogP contribution in [-0.4, -0.2) is 32.2 Å². The van der Waals surface area contributed by atoms with E-state index in [1.807, 2.05) is 38.1 Å². The van der Waals surface area contributed by atoms with E-state index in [-0.39, 0.29) is 11.8 Å². The number of ether oxygens (including phenoxy) is 1. The molecule has 0 spiro atoms. The lowest BCUT2D eigenvalue weighted by Gasteiger charge is -2.30. The van der Waals surface area contributed by atoms with Gasteiger partial charge in [0.15, 0.2) is 0 Å². The van der Waals surface area contributed by atoms with Crippen LogP contribution in [0, 0.1) is 5.92 Å². The van der Waals surface area contributed by atoms with E-state index in [2.05, 4.69) is 10.2 Å². The molecule has 0 aliphatic carbocycles. The van der Waals surface area contributed by atoms with Crippen molar-refractivity contribution >= 4 is 17.3 Å². The van der Waals surface area contributed by atoms with Gasteiger partial charge >= 0.3 is 0 Å². The fourth-order valence-corrected chi connectivity index (χ4v) is 1.94. The van der Waals surface area contributed by atoms with Crippen LogP contribution in [0.25, 0.3) is 0 Å². The van der Waals surface area contributed by atoms with Gasteiger partial charge in [0.2, 0.25) is 5.91 Å². The van der Waals surface area contributed by atoms with Gasteiger partial charge in [0, 0.05) is 19.0 Å². The quantitative estimate of drug-likeness (QED) is 0.891. The van der Waals surface area contributed by atoms with Crippen LogP contribution in [0.1, 0.15) is 13.8 Å². The highest BCUT2D eigenvalue weighted by atomic mass is 16.5. The highest BCUT2D eigenvalue weighted by molar-refractivity contribution is 5.95. The van der Waals surface area contributed by atoms with E-state index in [4.69, 9.17) is 4.74 Å². The molecule has 0 unspecified atom stereocenters. The number of amides is 1. The number of benzene rings is 1. The van der Waals surface area contributed by atoms with E-state index in [1.54, 1.807) is 0 Å². The Morgan fingerprint density at radius 1 is 1.28 bits per heavy atom. The molecule has 18 heavy (non-hydrogen) atoms. The van der Waals surface area contributed by atoms with E-state index in [0.717, 1.165) is 37.7 Å². The second-order valence-corrected chi connectivity index (χ2v) is 4.76. The average molecular weight is 248 g/mol. The Hall–Kier alpha value is -1.55. The molecule has 1 aliphatic heterocycles. The maximum Gasteiger partial charge on any atom is 0.226 e. The molecule has 1 saturated heterocycles. The number of nitrogens with one attached hydrogen (secondary N) is 1. The van der Waals surface area contributed by atoms with Crippen LogP contribution >= 0.6 is 0 Å². The number of carbonyl (C=O) groups is 1. The molecule has 0 saturated carbocycles. The maximum atomic E-state index is 11.8. The minimum atomic E-state index is -0.0113. The lowest BCUT2D eigenvalue weighted by atomic mass is 10.2. The molecule has 4 heteroatoms. The summed E-state index contributed by atoms with van der Waals surface area (Å²) in [4.78, 5) is 14.0. The van der Waals surface area contributed by atoms with Crippen molar-refractivity contribution in [2.24, 2.45) is 5.92 Å². The molecular formula is C14H20N2O2. The van der Waals surface area contributed by atoms with Gasteiger partial charge in [0.05, 0.1) is 24.6 Å². The summed E-state index contributed by atoms with van der Waals surface area (Å²) < 4.78 is 5.35. The molecule has 98 valence electrons. The van der Waals surface area contributed by atoms with Crippen molar-refractivity contribution in [3.63, 3.8) is 0 Å². The molecule has 1 N–H and O–H groups in total. The van der Waals surface area contributed by atoms with Gasteiger partial charge in [-0.05, 0) is 12.1 Å². The van der Waals surface area contributed by atoms with Gasteiger partial charge in [-0.25, -0.2) is 0 Å². The maximum absolute atomic E-state index is 11.8. The molecule has 1 aromatic carbocycles. The largest absolute Gasteiger partial charge is 0.378 e. The fraction of sp³-hybridized carbons (Fsp3) is 0.500. The number of morpholine rings is 1. The number of hydrogen-bond donors (Lipinski definition) is 1. The number of carbonyl (C=O) groups excluding carboxylic acids is 1. The number of hydrogen-bond acceptors (Lipinski definition) is 3. The second-order valence-electron chi connectivity index (χ2n) is 4.76. The lowest BCUT2D eigenvalue weighted by molar-refractivity contribution is -0.118. The summed E-state index contributed by atoms with van der Waals surface area (Å²) in [5.74, 6) is 0.0402. The smallest absolute Gasteiger partial charge is 0.226 e. The molecule has 1 aliphatic rings. The van der Waals surface area contributed by atoms with E-state index in [1.165, 1.54) is 0 Å². The Labute approximate surface area is 108 Å². The normalized spacial score (nSPS) is 15.8. The molecule has 0 atom stereocenters. The summed E-state index contributed by atoms with van der Waals surface area (Å²) in [5.41, 5.74) is 1.97. The Morgan fingerprint density at radius 3 is 2.61 bits per heavy atom. The third-order valence-electron chi connectivity index (χ3n) is 3.04. The summed E-state index contributed by atoms with van der Waals surface area (Å²) in [5, 5.41) is 2.99. The molecule has 0 aromatic heterocycles. The predicted octanol–water partition coefficient (Wildman–Crippen LogP) is 2.12. The van der Waals surface area contributed by atoms with Crippen molar-refractivity contribution in [3.8, 4) is 0 Å². The topological polar surface area (TPSA) is 41.6 Å². The Kier molecular flexibility index (Phi) is 4.20. The average Bonchev–Trinajstić information content (AvgIpc) is 2.40. The second kappa shape index (κ2) is 5.87. The predicted molar refractivity (Wildman–Crippen MR) is 72.9 cm³/mol. The first-order valence-electron chi connectivity index (χ1n) is 6.41. The fourth-order valence-electron chi connectivity index (χ4n) is 1.94. The van der Waals surface area contributed by atoms with Crippen molar-refractivity contribution in [2.45, 2.75) is 13.8 Å². The summed E-state index contributed by atoms with van der Waals surface area (Å²) in [6, 6.07) is 7.93. The minimum Gasteiger partial charge on any atom is -0.378 e. The molecule has 4 nitrogen and oxygen atoms in total. The third kappa shape index (κ3) is 3.01. The van der Waals surface area contributed by atoms with Crippen molar-refractivity contribution in [1.29, 1.82) is 0 Å². The lowest BCUT2D eigenvalue weighted by Crippen LogP contribution is -2.36. The van der Waals surface area contributed by atoms with E-state index in [0.29, 0.717) is 0 Å². The first kappa shape index (κ1) is 12.9. The van der Waals surface area contributed by atoms with Gasteiger partial charge in [-0.2, -0.15) is 0 Å². The number of para-hydroxylation sites is 2. The van der Waals surface area contributed by atoms with E-state index in [9.17, 15) is 4.79 Å². The third-order valence-corrected chi connectivity index (χ3v) is 3.04. The zero-order chi connectivity index (χ0) is 13.0. The van der Waals surface area contributed by atoms with Crippen molar-refractivity contribution in [3.05, 3.63) is 24.3 Å². The van der Waals surface area contributed by atoms with Crippen LogP contribution in [0.15, 0.2) is 24.3 Å². The zero-order valence-electron chi connectivity index (χ0n) is 11.0. The summed E-state index contributed by atoms with van der Waals surface area (Å²) >= 11 is 0. The first-order valence-corrected chi connectivity index (χ1v) is 6.41. The molecule has 1 heterocycles. The van der Waals surface area contributed by atoms with E-state index >= 15 is 0 Å². The van der Waals surface area contributed by atoms with Crippen molar-refractivity contribution in [1.82, 2.24) is 0 Å². The highest BCUT2D eigenvalue weighted by Crippen LogP contribution is 2.26. The van der Waals surface area contributed by atoms with Crippen molar-refractivity contribution in [2.75, 3.05) is 36.5 Å². The molecule has 2 rings (SSSR count).